The summed E-state index contributed by atoms with van der Waals surface area (Å²) in [5, 5.41) is 12.1. The molecule has 0 aliphatic carbocycles. The van der Waals surface area contributed by atoms with Crippen LogP contribution in [-0.4, -0.2) is 33.5 Å². The van der Waals surface area contributed by atoms with Crippen molar-refractivity contribution in [2.24, 2.45) is 5.92 Å². The predicted molar refractivity (Wildman–Crippen MR) is 113 cm³/mol. The minimum Gasteiger partial charge on any atom is -0.353 e. The first-order valence-electron chi connectivity index (χ1n) is 9.40. The number of rotatable bonds is 9. The van der Waals surface area contributed by atoms with Gasteiger partial charge in [0, 0.05) is 30.6 Å². The van der Waals surface area contributed by atoms with E-state index < -0.39 is 17.6 Å². The van der Waals surface area contributed by atoms with Crippen LogP contribution in [-0.2, 0) is 23.9 Å². The van der Waals surface area contributed by atoms with Gasteiger partial charge in [0.25, 0.3) is 0 Å². The molecule has 0 fully saturated rings. The molecular formula is C20H24ClF3N4OS. The van der Waals surface area contributed by atoms with Crippen LogP contribution in [0.1, 0.15) is 37.2 Å². The van der Waals surface area contributed by atoms with E-state index in [1.165, 1.54) is 23.9 Å². The molecule has 0 saturated heterocycles. The number of carbonyl (C=O) groups is 1. The van der Waals surface area contributed by atoms with Gasteiger partial charge in [0.2, 0.25) is 5.91 Å². The van der Waals surface area contributed by atoms with Gasteiger partial charge in [0.1, 0.15) is 5.82 Å². The molecule has 0 radical (unpaired) electrons. The van der Waals surface area contributed by atoms with Crippen LogP contribution in [0.3, 0.4) is 0 Å². The molecule has 0 aliphatic heterocycles. The average Bonchev–Trinajstić information content (AvgIpc) is 3.04. The topological polar surface area (TPSA) is 59.8 Å². The molecule has 0 aliphatic rings. The number of nitrogens with zero attached hydrogens (tertiary/aromatic N) is 3. The number of benzene rings is 1. The van der Waals surface area contributed by atoms with Gasteiger partial charge in [-0.3, -0.25) is 4.79 Å². The summed E-state index contributed by atoms with van der Waals surface area (Å²) in [6.07, 6.45) is 1.25. The summed E-state index contributed by atoms with van der Waals surface area (Å²) in [6, 6.07) is 2.98. The number of carbonyl (C=O) groups excluding carboxylic acids is 1. The maximum atomic E-state index is 12.8. The number of hydrogen-bond acceptors (Lipinski definition) is 4. The van der Waals surface area contributed by atoms with Crippen molar-refractivity contribution in [2.75, 3.05) is 12.8 Å². The minimum absolute atomic E-state index is 0.132. The van der Waals surface area contributed by atoms with Crippen molar-refractivity contribution in [2.45, 2.75) is 44.6 Å². The highest BCUT2D eigenvalue weighted by molar-refractivity contribution is 7.98. The first-order valence-corrected chi connectivity index (χ1v) is 11.0. The van der Waals surface area contributed by atoms with Crippen LogP contribution in [0.4, 0.5) is 13.2 Å². The lowest BCUT2D eigenvalue weighted by Crippen LogP contribution is -2.23. The predicted octanol–water partition coefficient (Wildman–Crippen LogP) is 5.09. The van der Waals surface area contributed by atoms with Gasteiger partial charge < -0.3 is 9.88 Å². The number of nitrogens with one attached hydrogen (secondary N) is 1. The third kappa shape index (κ3) is 7.05. The second kappa shape index (κ2) is 10.9. The maximum absolute atomic E-state index is 12.8. The molecule has 0 atom stereocenters. The number of amides is 1. The van der Waals surface area contributed by atoms with Crippen LogP contribution >= 0.6 is 23.4 Å². The zero-order valence-corrected chi connectivity index (χ0v) is 18.5. The van der Waals surface area contributed by atoms with Crippen molar-refractivity contribution in [3.8, 4) is 0 Å². The number of alkyl halides is 3. The van der Waals surface area contributed by atoms with Gasteiger partial charge in [-0.2, -0.15) is 13.2 Å². The van der Waals surface area contributed by atoms with Crippen LogP contribution in [0.25, 0.3) is 6.08 Å². The molecule has 2 rings (SSSR count). The normalized spacial score (nSPS) is 12.1. The van der Waals surface area contributed by atoms with E-state index >= 15 is 0 Å². The summed E-state index contributed by atoms with van der Waals surface area (Å²) in [7, 11) is 0. The first-order chi connectivity index (χ1) is 14.1. The summed E-state index contributed by atoms with van der Waals surface area (Å²) in [6.45, 7) is 5.47. The molecule has 0 saturated carbocycles. The van der Waals surface area contributed by atoms with Crippen molar-refractivity contribution in [3.05, 3.63) is 46.2 Å². The van der Waals surface area contributed by atoms with Gasteiger partial charge in [-0.15, -0.1) is 10.2 Å². The Hall–Kier alpha value is -2.00. The summed E-state index contributed by atoms with van der Waals surface area (Å²) in [4.78, 5) is 12.0. The van der Waals surface area contributed by atoms with E-state index in [1.54, 1.807) is 0 Å². The van der Waals surface area contributed by atoms with Crippen LogP contribution in [0, 0.1) is 5.92 Å². The fourth-order valence-electron chi connectivity index (χ4n) is 2.73. The molecule has 1 aromatic heterocycles. The lowest BCUT2D eigenvalue weighted by Gasteiger charge is -2.11. The standard InChI is InChI=1S/C20H24ClF3N4OS/c1-13(2)12-28-17(26-27-19(28)30-3)5-4-10-25-18(29)9-6-14-11-15(20(22,23)24)7-8-16(14)21/h6-9,11,13H,4-5,10,12H2,1-3H3,(H,25,29). The van der Waals surface area contributed by atoms with Crippen molar-refractivity contribution >= 4 is 35.3 Å². The number of hydrogen-bond donors (Lipinski definition) is 1. The van der Waals surface area contributed by atoms with E-state index in [1.807, 2.05) is 6.26 Å². The highest BCUT2D eigenvalue weighted by Crippen LogP contribution is 2.32. The van der Waals surface area contributed by atoms with Crippen molar-refractivity contribution < 1.29 is 18.0 Å². The number of aromatic nitrogens is 3. The summed E-state index contributed by atoms with van der Waals surface area (Å²) < 4.78 is 40.5. The van der Waals surface area contributed by atoms with Gasteiger partial charge in [0.05, 0.1) is 5.56 Å². The van der Waals surface area contributed by atoms with E-state index in [4.69, 9.17) is 11.6 Å². The van der Waals surface area contributed by atoms with E-state index in [9.17, 15) is 18.0 Å². The smallest absolute Gasteiger partial charge is 0.353 e. The van der Waals surface area contributed by atoms with E-state index in [-0.39, 0.29) is 10.6 Å². The fourth-order valence-corrected chi connectivity index (χ4v) is 3.44. The highest BCUT2D eigenvalue weighted by atomic mass is 35.5. The molecule has 1 heterocycles. The quantitative estimate of drug-likeness (QED) is 0.321. The molecule has 1 aromatic carbocycles. The summed E-state index contributed by atoms with van der Waals surface area (Å²) >= 11 is 7.46. The Morgan fingerprint density at radius 2 is 2.07 bits per heavy atom. The minimum atomic E-state index is -4.47. The Balaban J connectivity index is 1.89. The van der Waals surface area contributed by atoms with Gasteiger partial charge in [0.15, 0.2) is 5.16 Å². The SMILES string of the molecule is CSc1nnc(CCCNC(=O)C=Cc2cc(C(F)(F)F)ccc2Cl)n1CC(C)C. The monoisotopic (exact) mass is 460 g/mol. The Morgan fingerprint density at radius 1 is 1.33 bits per heavy atom. The zero-order valence-electron chi connectivity index (χ0n) is 17.0. The number of aryl methyl sites for hydroxylation is 1. The van der Waals surface area contributed by atoms with Gasteiger partial charge in [-0.1, -0.05) is 37.2 Å². The number of thioether (sulfide) groups is 1. The molecule has 10 heteroatoms. The van der Waals surface area contributed by atoms with Gasteiger partial charge in [-0.25, -0.2) is 0 Å². The van der Waals surface area contributed by atoms with Crippen LogP contribution < -0.4 is 5.32 Å². The Morgan fingerprint density at radius 3 is 2.70 bits per heavy atom. The molecule has 164 valence electrons. The molecule has 0 bridgehead atoms. The second-order valence-corrected chi connectivity index (χ2v) is 8.25. The summed E-state index contributed by atoms with van der Waals surface area (Å²) in [5.74, 6) is 0.920. The van der Waals surface area contributed by atoms with Gasteiger partial charge >= 0.3 is 6.18 Å². The molecule has 5 nitrogen and oxygen atoms in total. The lowest BCUT2D eigenvalue weighted by atomic mass is 10.1. The third-order valence-electron chi connectivity index (χ3n) is 4.14. The highest BCUT2D eigenvalue weighted by Gasteiger charge is 2.30. The van der Waals surface area contributed by atoms with Crippen LogP contribution in [0.5, 0.6) is 0 Å². The Kier molecular flexibility index (Phi) is 8.78. The van der Waals surface area contributed by atoms with Crippen molar-refractivity contribution in [3.63, 3.8) is 0 Å². The van der Waals surface area contributed by atoms with Crippen LogP contribution in [0.15, 0.2) is 29.4 Å². The van der Waals surface area contributed by atoms with Gasteiger partial charge in [-0.05, 0) is 48.4 Å². The molecule has 1 N–H and O–H groups in total. The largest absolute Gasteiger partial charge is 0.416 e. The average molecular weight is 461 g/mol. The lowest BCUT2D eigenvalue weighted by molar-refractivity contribution is -0.137. The molecule has 0 spiro atoms. The zero-order chi connectivity index (χ0) is 22.3. The van der Waals surface area contributed by atoms with Crippen LogP contribution in [0.2, 0.25) is 5.02 Å². The molecule has 30 heavy (non-hydrogen) atoms. The summed E-state index contributed by atoms with van der Waals surface area (Å²) in [5.41, 5.74) is -0.685. The van der Waals surface area contributed by atoms with E-state index in [2.05, 4.69) is 33.9 Å². The first kappa shape index (κ1) is 24.3. The molecular weight excluding hydrogens is 437 g/mol. The van der Waals surface area contributed by atoms with E-state index in [0.717, 1.165) is 35.7 Å². The molecule has 1 amide bonds. The van der Waals surface area contributed by atoms with Crippen molar-refractivity contribution in [1.82, 2.24) is 20.1 Å². The Bertz CT molecular complexity index is 897. The fraction of sp³-hybridized carbons (Fsp3) is 0.450. The van der Waals surface area contributed by atoms with Crippen molar-refractivity contribution in [1.29, 1.82) is 0 Å². The maximum Gasteiger partial charge on any atom is 0.416 e. The third-order valence-corrected chi connectivity index (χ3v) is 5.15. The molecule has 0 unspecified atom stereocenters. The second-order valence-electron chi connectivity index (χ2n) is 7.07. The Labute approximate surface area is 183 Å². The number of halogens is 4. The van der Waals surface area contributed by atoms with E-state index in [0.29, 0.717) is 25.3 Å². The molecule has 2 aromatic rings.